The first-order valence-electron chi connectivity index (χ1n) is 8.22. The topological polar surface area (TPSA) is 15.3 Å². The predicted octanol–water partition coefficient (Wildman–Crippen LogP) is 3.56. The molecule has 0 aromatic carbocycles. The average molecular weight is 252 g/mol. The first kappa shape index (κ1) is 14.3. The molecular formula is C16H32N2. The lowest BCUT2D eigenvalue weighted by molar-refractivity contribution is 0.115. The summed E-state index contributed by atoms with van der Waals surface area (Å²) in [4.78, 5) is 2.77. The SMILES string of the molecule is CCC1CCCCN1CCC1(NC)CCCCC1. The molecule has 1 saturated carbocycles. The van der Waals surface area contributed by atoms with Gasteiger partial charge in [-0.2, -0.15) is 0 Å². The maximum atomic E-state index is 3.66. The van der Waals surface area contributed by atoms with Crippen molar-refractivity contribution in [3.8, 4) is 0 Å². The van der Waals surface area contributed by atoms with Crippen LogP contribution in [0.15, 0.2) is 0 Å². The first-order valence-corrected chi connectivity index (χ1v) is 8.22. The zero-order valence-corrected chi connectivity index (χ0v) is 12.5. The predicted molar refractivity (Wildman–Crippen MR) is 79.0 cm³/mol. The van der Waals surface area contributed by atoms with Crippen molar-refractivity contribution >= 4 is 0 Å². The van der Waals surface area contributed by atoms with Crippen LogP contribution in [0.2, 0.25) is 0 Å². The van der Waals surface area contributed by atoms with Crippen LogP contribution in [0.4, 0.5) is 0 Å². The Kier molecular flexibility index (Phi) is 5.50. The van der Waals surface area contributed by atoms with Gasteiger partial charge in [-0.05, 0) is 52.1 Å². The highest BCUT2D eigenvalue weighted by atomic mass is 15.2. The molecule has 0 bridgehead atoms. The second-order valence-corrected chi connectivity index (χ2v) is 6.43. The number of piperidine rings is 1. The highest BCUT2D eigenvalue weighted by Gasteiger charge is 2.31. The molecule has 0 spiro atoms. The molecular weight excluding hydrogens is 220 g/mol. The normalized spacial score (nSPS) is 29.3. The minimum absolute atomic E-state index is 0.466. The molecule has 1 heterocycles. The van der Waals surface area contributed by atoms with Crippen LogP contribution in [0.5, 0.6) is 0 Å². The van der Waals surface area contributed by atoms with E-state index in [0.717, 1.165) is 6.04 Å². The molecule has 1 aliphatic heterocycles. The van der Waals surface area contributed by atoms with E-state index in [1.165, 1.54) is 77.3 Å². The lowest BCUT2D eigenvalue weighted by Gasteiger charge is -2.41. The van der Waals surface area contributed by atoms with E-state index >= 15 is 0 Å². The number of nitrogens with zero attached hydrogens (tertiary/aromatic N) is 1. The van der Waals surface area contributed by atoms with Gasteiger partial charge in [0.1, 0.15) is 0 Å². The van der Waals surface area contributed by atoms with E-state index in [-0.39, 0.29) is 0 Å². The maximum Gasteiger partial charge on any atom is 0.0190 e. The van der Waals surface area contributed by atoms with Crippen molar-refractivity contribution in [1.29, 1.82) is 0 Å². The zero-order valence-electron chi connectivity index (χ0n) is 12.5. The van der Waals surface area contributed by atoms with Gasteiger partial charge in [-0.25, -0.2) is 0 Å². The Balaban J connectivity index is 1.84. The fraction of sp³-hybridized carbons (Fsp3) is 1.00. The minimum atomic E-state index is 0.466. The van der Waals surface area contributed by atoms with Crippen LogP contribution in [-0.4, -0.2) is 36.6 Å². The Hall–Kier alpha value is -0.0800. The van der Waals surface area contributed by atoms with Crippen LogP contribution in [0.25, 0.3) is 0 Å². The van der Waals surface area contributed by atoms with Gasteiger partial charge in [0.05, 0.1) is 0 Å². The summed E-state index contributed by atoms with van der Waals surface area (Å²) in [7, 11) is 2.18. The van der Waals surface area contributed by atoms with Crippen molar-refractivity contribution in [2.45, 2.75) is 82.7 Å². The van der Waals surface area contributed by atoms with E-state index in [9.17, 15) is 0 Å². The summed E-state index contributed by atoms with van der Waals surface area (Å²) in [6.45, 7) is 5.02. The lowest BCUT2D eigenvalue weighted by atomic mass is 9.79. The zero-order chi connectivity index (χ0) is 12.8. The van der Waals surface area contributed by atoms with Crippen molar-refractivity contribution in [3.05, 3.63) is 0 Å². The summed E-state index contributed by atoms with van der Waals surface area (Å²) < 4.78 is 0. The van der Waals surface area contributed by atoms with E-state index in [1.54, 1.807) is 0 Å². The second kappa shape index (κ2) is 6.91. The largest absolute Gasteiger partial charge is 0.314 e. The molecule has 18 heavy (non-hydrogen) atoms. The van der Waals surface area contributed by atoms with Crippen LogP contribution in [0.1, 0.15) is 71.1 Å². The molecule has 2 nitrogen and oxygen atoms in total. The molecule has 0 aromatic rings. The van der Waals surface area contributed by atoms with Gasteiger partial charge < -0.3 is 10.2 Å². The Bertz CT molecular complexity index is 233. The Morgan fingerprint density at radius 1 is 1.11 bits per heavy atom. The number of rotatable bonds is 5. The van der Waals surface area contributed by atoms with Crippen LogP contribution in [-0.2, 0) is 0 Å². The molecule has 2 fully saturated rings. The van der Waals surface area contributed by atoms with Crippen LogP contribution in [0, 0.1) is 0 Å². The third-order valence-corrected chi connectivity index (χ3v) is 5.44. The third-order valence-electron chi connectivity index (χ3n) is 5.44. The van der Waals surface area contributed by atoms with Gasteiger partial charge >= 0.3 is 0 Å². The maximum absolute atomic E-state index is 3.66. The van der Waals surface area contributed by atoms with E-state index < -0.39 is 0 Å². The van der Waals surface area contributed by atoms with E-state index in [1.807, 2.05) is 0 Å². The second-order valence-electron chi connectivity index (χ2n) is 6.43. The highest BCUT2D eigenvalue weighted by Crippen LogP contribution is 2.31. The Labute approximate surface area is 114 Å². The van der Waals surface area contributed by atoms with Crippen molar-refractivity contribution in [2.75, 3.05) is 20.1 Å². The van der Waals surface area contributed by atoms with Crippen LogP contribution in [0.3, 0.4) is 0 Å². The molecule has 1 saturated heterocycles. The summed E-state index contributed by atoms with van der Waals surface area (Å²) >= 11 is 0. The van der Waals surface area contributed by atoms with Crippen LogP contribution >= 0.6 is 0 Å². The third kappa shape index (κ3) is 3.48. The van der Waals surface area contributed by atoms with E-state index in [4.69, 9.17) is 0 Å². The smallest absolute Gasteiger partial charge is 0.0190 e. The van der Waals surface area contributed by atoms with Gasteiger partial charge in [-0.3, -0.25) is 0 Å². The molecule has 1 N–H and O–H groups in total. The molecule has 1 aliphatic carbocycles. The first-order chi connectivity index (χ1) is 8.79. The number of hydrogen-bond acceptors (Lipinski definition) is 2. The molecule has 2 aliphatic rings. The number of hydrogen-bond donors (Lipinski definition) is 1. The van der Waals surface area contributed by atoms with Gasteiger partial charge in [0, 0.05) is 18.1 Å². The van der Waals surface area contributed by atoms with Gasteiger partial charge in [0.25, 0.3) is 0 Å². The van der Waals surface area contributed by atoms with Gasteiger partial charge in [-0.15, -0.1) is 0 Å². The van der Waals surface area contributed by atoms with Gasteiger partial charge in [-0.1, -0.05) is 32.6 Å². The monoisotopic (exact) mass is 252 g/mol. The molecule has 1 unspecified atom stereocenters. The van der Waals surface area contributed by atoms with Crippen molar-refractivity contribution < 1.29 is 0 Å². The summed E-state index contributed by atoms with van der Waals surface area (Å²) in [6, 6.07) is 0.872. The highest BCUT2D eigenvalue weighted by molar-refractivity contribution is 4.91. The summed E-state index contributed by atoms with van der Waals surface area (Å²) in [5.74, 6) is 0. The number of nitrogens with one attached hydrogen (secondary N) is 1. The fourth-order valence-corrected chi connectivity index (χ4v) is 4.03. The van der Waals surface area contributed by atoms with E-state index in [2.05, 4.69) is 24.2 Å². The molecule has 0 amide bonds. The quantitative estimate of drug-likeness (QED) is 0.805. The van der Waals surface area contributed by atoms with Crippen molar-refractivity contribution in [1.82, 2.24) is 10.2 Å². The van der Waals surface area contributed by atoms with Crippen molar-refractivity contribution in [3.63, 3.8) is 0 Å². The molecule has 2 rings (SSSR count). The summed E-state index contributed by atoms with van der Waals surface area (Å²) in [5.41, 5.74) is 0.466. The van der Waals surface area contributed by atoms with E-state index in [0.29, 0.717) is 5.54 Å². The standard InChI is InChI=1S/C16H32N2/c1-3-15-9-5-8-13-18(15)14-12-16(17-2)10-6-4-7-11-16/h15,17H,3-14H2,1-2H3. The van der Waals surface area contributed by atoms with Gasteiger partial charge in [0.2, 0.25) is 0 Å². The Morgan fingerprint density at radius 3 is 2.56 bits per heavy atom. The summed E-state index contributed by atoms with van der Waals surface area (Å²) in [6.07, 6.45) is 14.1. The fourth-order valence-electron chi connectivity index (χ4n) is 4.03. The molecule has 0 aromatic heterocycles. The summed E-state index contributed by atoms with van der Waals surface area (Å²) in [5, 5.41) is 3.66. The number of likely N-dealkylation sites (tertiary alicyclic amines) is 1. The van der Waals surface area contributed by atoms with Gasteiger partial charge in [0.15, 0.2) is 0 Å². The molecule has 106 valence electrons. The molecule has 0 radical (unpaired) electrons. The Morgan fingerprint density at radius 2 is 1.89 bits per heavy atom. The van der Waals surface area contributed by atoms with Crippen molar-refractivity contribution in [2.24, 2.45) is 0 Å². The molecule has 2 heteroatoms. The minimum Gasteiger partial charge on any atom is -0.314 e. The molecule has 1 atom stereocenters. The average Bonchev–Trinajstić information content (AvgIpc) is 2.46. The van der Waals surface area contributed by atoms with Crippen LogP contribution < -0.4 is 5.32 Å². The lowest BCUT2D eigenvalue weighted by Crippen LogP contribution is -2.49.